The van der Waals surface area contributed by atoms with Gasteiger partial charge in [-0.3, -0.25) is 14.4 Å². The number of carbonyl (C=O) groups excluding carboxylic acids is 3. The molecule has 4 aromatic rings. The van der Waals surface area contributed by atoms with Crippen molar-refractivity contribution in [1.29, 1.82) is 0 Å². The predicted molar refractivity (Wildman–Crippen MR) is 174 cm³/mol. The van der Waals surface area contributed by atoms with Gasteiger partial charge in [0.2, 0.25) is 5.91 Å². The number of hydrogen-bond acceptors (Lipinski definition) is 6. The molecular formula is C34H30ClN3O5S. The summed E-state index contributed by atoms with van der Waals surface area (Å²) in [5.41, 5.74) is 2.24. The Morgan fingerprint density at radius 3 is 2.36 bits per heavy atom. The van der Waals surface area contributed by atoms with Crippen molar-refractivity contribution in [3.8, 4) is 11.5 Å². The lowest BCUT2D eigenvalue weighted by molar-refractivity contribution is -0.116. The highest BCUT2D eigenvalue weighted by Gasteiger charge is 2.21. The molecule has 0 fully saturated rings. The SMILES string of the molecule is CCC(Sc1cccc(NC(=O)/C(=C/c2cccc(Cl)c2)NC(=O)c2ccccc2)c1)C(=O)Nc1ccc2c(c1)OCCO2. The molecule has 1 aliphatic rings. The van der Waals surface area contributed by atoms with Crippen molar-refractivity contribution in [3.63, 3.8) is 0 Å². The summed E-state index contributed by atoms with van der Waals surface area (Å²) in [6.07, 6.45) is 2.14. The number of hydrogen-bond donors (Lipinski definition) is 3. The molecule has 3 N–H and O–H groups in total. The highest BCUT2D eigenvalue weighted by molar-refractivity contribution is 8.00. The van der Waals surface area contributed by atoms with Gasteiger partial charge in [0.15, 0.2) is 11.5 Å². The first kappa shape index (κ1) is 30.7. The number of anilines is 2. The molecular weight excluding hydrogens is 598 g/mol. The van der Waals surface area contributed by atoms with E-state index >= 15 is 0 Å². The van der Waals surface area contributed by atoms with E-state index in [0.29, 0.717) is 58.7 Å². The van der Waals surface area contributed by atoms with E-state index in [1.165, 1.54) is 11.8 Å². The average molecular weight is 628 g/mol. The van der Waals surface area contributed by atoms with Gasteiger partial charge < -0.3 is 25.4 Å². The number of fused-ring (bicyclic) bond motifs is 1. The molecule has 0 bridgehead atoms. The summed E-state index contributed by atoms with van der Waals surface area (Å²) in [6, 6.07) is 28.1. The molecule has 0 saturated carbocycles. The highest BCUT2D eigenvalue weighted by Crippen LogP contribution is 2.34. The first-order chi connectivity index (χ1) is 21.4. The third-order valence-electron chi connectivity index (χ3n) is 6.53. The smallest absolute Gasteiger partial charge is 0.272 e. The van der Waals surface area contributed by atoms with E-state index in [0.717, 1.165) is 4.90 Å². The summed E-state index contributed by atoms with van der Waals surface area (Å²) >= 11 is 7.54. The van der Waals surface area contributed by atoms with Gasteiger partial charge in [0.05, 0.1) is 5.25 Å². The minimum atomic E-state index is -0.514. The van der Waals surface area contributed by atoms with Gasteiger partial charge in [0, 0.05) is 32.9 Å². The largest absolute Gasteiger partial charge is 0.486 e. The lowest BCUT2D eigenvalue weighted by Crippen LogP contribution is -2.30. The molecule has 4 aromatic carbocycles. The Bertz CT molecular complexity index is 1700. The van der Waals surface area contributed by atoms with Crippen LogP contribution in [0.5, 0.6) is 11.5 Å². The molecule has 8 nitrogen and oxygen atoms in total. The summed E-state index contributed by atoms with van der Waals surface area (Å²) < 4.78 is 11.2. The third-order valence-corrected chi connectivity index (χ3v) is 8.12. The Morgan fingerprint density at radius 2 is 1.59 bits per heavy atom. The fraction of sp³-hybridized carbons (Fsp3) is 0.147. The van der Waals surface area contributed by atoms with Gasteiger partial charge in [0.1, 0.15) is 18.9 Å². The summed E-state index contributed by atoms with van der Waals surface area (Å²) in [7, 11) is 0. The number of halogens is 1. The summed E-state index contributed by atoms with van der Waals surface area (Å²) in [6.45, 7) is 2.89. The van der Waals surface area contributed by atoms with Crippen molar-refractivity contribution in [3.05, 3.63) is 119 Å². The molecule has 10 heteroatoms. The number of ether oxygens (including phenoxy) is 2. The van der Waals surface area contributed by atoms with Crippen LogP contribution < -0.4 is 25.4 Å². The Hall–Kier alpha value is -4.73. The second-order valence-electron chi connectivity index (χ2n) is 9.78. The maximum absolute atomic E-state index is 13.5. The second kappa shape index (κ2) is 14.6. The van der Waals surface area contributed by atoms with E-state index < -0.39 is 17.1 Å². The van der Waals surface area contributed by atoms with Crippen molar-refractivity contribution in [2.75, 3.05) is 23.8 Å². The Kier molecular flexibility index (Phi) is 10.2. The molecule has 0 saturated heterocycles. The molecule has 1 unspecified atom stereocenters. The molecule has 44 heavy (non-hydrogen) atoms. The van der Waals surface area contributed by atoms with E-state index in [4.69, 9.17) is 21.1 Å². The van der Waals surface area contributed by atoms with Crippen LogP contribution in [0, 0.1) is 0 Å². The van der Waals surface area contributed by atoms with Gasteiger partial charge in [-0.15, -0.1) is 11.8 Å². The molecule has 0 radical (unpaired) electrons. The minimum Gasteiger partial charge on any atom is -0.486 e. The molecule has 0 aromatic heterocycles. The standard InChI is InChI=1S/C34H30ClN3O5S/c1-2-31(34(41)37-26-14-15-29-30(21-26)43-17-16-42-29)44-27-13-7-12-25(20-27)36-33(40)28(19-22-8-6-11-24(35)18-22)38-32(39)23-9-4-3-5-10-23/h3-15,18-21,31H,2,16-17H2,1H3,(H,36,40)(H,37,41)(H,38,39)/b28-19-. The van der Waals surface area contributed by atoms with Crippen LogP contribution in [0.4, 0.5) is 11.4 Å². The maximum Gasteiger partial charge on any atom is 0.272 e. The van der Waals surface area contributed by atoms with Crippen molar-refractivity contribution in [1.82, 2.24) is 5.32 Å². The fourth-order valence-corrected chi connectivity index (χ4v) is 5.59. The molecule has 0 spiro atoms. The van der Waals surface area contributed by atoms with Crippen LogP contribution in [0.15, 0.2) is 108 Å². The number of thioether (sulfide) groups is 1. The van der Waals surface area contributed by atoms with Crippen LogP contribution in [0.2, 0.25) is 5.02 Å². The number of amides is 3. The molecule has 224 valence electrons. The van der Waals surface area contributed by atoms with Gasteiger partial charge in [-0.2, -0.15) is 0 Å². The predicted octanol–water partition coefficient (Wildman–Crippen LogP) is 7.03. The quantitative estimate of drug-likeness (QED) is 0.129. The van der Waals surface area contributed by atoms with Crippen LogP contribution in [-0.2, 0) is 9.59 Å². The van der Waals surface area contributed by atoms with Crippen LogP contribution >= 0.6 is 23.4 Å². The van der Waals surface area contributed by atoms with E-state index in [2.05, 4.69) is 16.0 Å². The van der Waals surface area contributed by atoms with Gasteiger partial charge in [-0.1, -0.05) is 54.9 Å². The normalized spacial score (nSPS) is 13.0. The Labute approximate surface area is 264 Å². The summed E-state index contributed by atoms with van der Waals surface area (Å²) in [4.78, 5) is 40.3. The van der Waals surface area contributed by atoms with E-state index in [1.807, 2.05) is 19.1 Å². The first-order valence-electron chi connectivity index (χ1n) is 14.0. The van der Waals surface area contributed by atoms with Crippen LogP contribution in [0.3, 0.4) is 0 Å². The minimum absolute atomic E-state index is 0.0458. The van der Waals surface area contributed by atoms with E-state index in [-0.39, 0.29) is 11.6 Å². The Balaban J connectivity index is 1.29. The van der Waals surface area contributed by atoms with Crippen molar-refractivity contribution < 1.29 is 23.9 Å². The maximum atomic E-state index is 13.5. The van der Waals surface area contributed by atoms with Gasteiger partial charge in [-0.25, -0.2) is 0 Å². The van der Waals surface area contributed by atoms with Gasteiger partial charge in [-0.05, 0) is 72.7 Å². The molecule has 0 aliphatic carbocycles. The topological polar surface area (TPSA) is 106 Å². The van der Waals surface area contributed by atoms with Crippen LogP contribution in [0.25, 0.3) is 6.08 Å². The van der Waals surface area contributed by atoms with Crippen molar-refractivity contribution >= 4 is 58.5 Å². The lowest BCUT2D eigenvalue weighted by atomic mass is 10.1. The highest BCUT2D eigenvalue weighted by atomic mass is 35.5. The monoisotopic (exact) mass is 627 g/mol. The van der Waals surface area contributed by atoms with Crippen LogP contribution in [0.1, 0.15) is 29.3 Å². The van der Waals surface area contributed by atoms with Crippen LogP contribution in [-0.4, -0.2) is 36.2 Å². The fourth-order valence-electron chi connectivity index (χ4n) is 4.38. The number of rotatable bonds is 10. The summed E-state index contributed by atoms with van der Waals surface area (Å²) in [5.74, 6) is 0.161. The van der Waals surface area contributed by atoms with Gasteiger partial charge >= 0.3 is 0 Å². The summed E-state index contributed by atoms with van der Waals surface area (Å²) in [5, 5.41) is 8.67. The number of carbonyl (C=O) groups is 3. The zero-order chi connectivity index (χ0) is 30.9. The molecule has 1 aliphatic heterocycles. The zero-order valence-electron chi connectivity index (χ0n) is 23.8. The van der Waals surface area contributed by atoms with Gasteiger partial charge in [0.25, 0.3) is 11.8 Å². The van der Waals surface area contributed by atoms with E-state index in [9.17, 15) is 14.4 Å². The second-order valence-corrected chi connectivity index (χ2v) is 11.5. The third kappa shape index (κ3) is 8.21. The molecule has 1 atom stereocenters. The Morgan fingerprint density at radius 1 is 0.841 bits per heavy atom. The first-order valence-corrected chi connectivity index (χ1v) is 15.3. The zero-order valence-corrected chi connectivity index (χ0v) is 25.4. The van der Waals surface area contributed by atoms with Crippen molar-refractivity contribution in [2.45, 2.75) is 23.5 Å². The number of nitrogens with one attached hydrogen (secondary N) is 3. The van der Waals surface area contributed by atoms with Crippen molar-refractivity contribution in [2.24, 2.45) is 0 Å². The average Bonchev–Trinajstić information content (AvgIpc) is 3.03. The lowest BCUT2D eigenvalue weighted by Gasteiger charge is -2.20. The number of benzene rings is 4. The molecule has 1 heterocycles. The molecule has 3 amide bonds. The molecule has 5 rings (SSSR count). The van der Waals surface area contributed by atoms with E-state index in [1.54, 1.807) is 91.0 Å².